The fourth-order valence-electron chi connectivity index (χ4n) is 0.695. The summed E-state index contributed by atoms with van der Waals surface area (Å²) in [5, 5.41) is 7.07. The summed E-state index contributed by atoms with van der Waals surface area (Å²) in [6.45, 7) is 5.17. The van der Waals surface area contributed by atoms with Crippen molar-refractivity contribution in [1.82, 2.24) is 4.90 Å². The van der Waals surface area contributed by atoms with E-state index in [0.29, 0.717) is 5.92 Å². The molecule has 60 valence electrons. The fourth-order valence-corrected chi connectivity index (χ4v) is 0.695. The summed E-state index contributed by atoms with van der Waals surface area (Å²) in [5.74, 6) is 0.772. The topological polar surface area (TPSA) is 53.1 Å². The zero-order valence-electron chi connectivity index (χ0n) is 7.02. The third-order valence-electron chi connectivity index (χ3n) is 1.69. The molecule has 0 bridgehead atoms. The lowest BCUT2D eigenvalue weighted by molar-refractivity contribution is 0.391. The predicted octanol–water partition coefficient (Wildman–Crippen LogP) is 0.858. The summed E-state index contributed by atoms with van der Waals surface area (Å²) in [4.78, 5) is 1.76. The first kappa shape index (κ1) is 9.27. The molecule has 0 saturated heterocycles. The Bertz CT molecular complexity index is 111. The van der Waals surface area contributed by atoms with Crippen molar-refractivity contribution in [3.8, 4) is 0 Å². The second-order valence-corrected chi connectivity index (χ2v) is 2.78. The van der Waals surface area contributed by atoms with Crippen LogP contribution in [0.4, 0.5) is 0 Å². The SMILES string of the molecule is CCC(C)CN(C)C(=N)N. The molecule has 0 aromatic heterocycles. The lowest BCUT2D eigenvalue weighted by Crippen LogP contribution is -2.35. The van der Waals surface area contributed by atoms with Gasteiger partial charge in [0.1, 0.15) is 0 Å². The second-order valence-electron chi connectivity index (χ2n) is 2.78. The minimum atomic E-state index is 0.153. The van der Waals surface area contributed by atoms with Crippen LogP contribution in [0.3, 0.4) is 0 Å². The van der Waals surface area contributed by atoms with E-state index in [4.69, 9.17) is 11.1 Å². The molecule has 1 unspecified atom stereocenters. The second kappa shape index (κ2) is 4.14. The highest BCUT2D eigenvalue weighted by molar-refractivity contribution is 5.74. The van der Waals surface area contributed by atoms with Crippen LogP contribution < -0.4 is 5.73 Å². The van der Waals surface area contributed by atoms with Crippen LogP contribution in [0, 0.1) is 11.3 Å². The molecule has 3 nitrogen and oxygen atoms in total. The predicted molar refractivity (Wildman–Crippen MR) is 44.0 cm³/mol. The Hall–Kier alpha value is -0.730. The van der Waals surface area contributed by atoms with E-state index < -0.39 is 0 Å². The Morgan fingerprint density at radius 1 is 1.70 bits per heavy atom. The highest BCUT2D eigenvalue weighted by Gasteiger charge is 2.03. The number of nitrogens with one attached hydrogen (secondary N) is 1. The van der Waals surface area contributed by atoms with E-state index in [0.717, 1.165) is 13.0 Å². The molecule has 0 rings (SSSR count). The van der Waals surface area contributed by atoms with Crippen LogP contribution in [0.1, 0.15) is 20.3 Å². The standard InChI is InChI=1S/C7H17N3/c1-4-6(2)5-10(3)7(8)9/h6H,4-5H2,1-3H3,(H3,8,9). The summed E-state index contributed by atoms with van der Waals surface area (Å²) in [7, 11) is 1.84. The third kappa shape index (κ3) is 3.33. The van der Waals surface area contributed by atoms with Crippen molar-refractivity contribution in [1.29, 1.82) is 5.41 Å². The van der Waals surface area contributed by atoms with E-state index in [1.165, 1.54) is 0 Å². The van der Waals surface area contributed by atoms with Gasteiger partial charge in [0, 0.05) is 13.6 Å². The van der Waals surface area contributed by atoms with Crippen LogP contribution in [-0.4, -0.2) is 24.5 Å². The number of guanidine groups is 1. The van der Waals surface area contributed by atoms with Gasteiger partial charge in [0.05, 0.1) is 0 Å². The average molecular weight is 143 g/mol. The Labute approximate surface area is 62.7 Å². The molecule has 0 fully saturated rings. The first-order chi connectivity index (χ1) is 4.57. The summed E-state index contributed by atoms with van der Waals surface area (Å²) in [5.41, 5.74) is 5.25. The monoisotopic (exact) mass is 143 g/mol. The molecule has 0 aliphatic rings. The molecular weight excluding hydrogens is 126 g/mol. The van der Waals surface area contributed by atoms with Gasteiger partial charge in [-0.3, -0.25) is 5.41 Å². The number of rotatable bonds is 3. The maximum absolute atomic E-state index is 7.07. The van der Waals surface area contributed by atoms with Gasteiger partial charge >= 0.3 is 0 Å². The van der Waals surface area contributed by atoms with Gasteiger partial charge in [0.15, 0.2) is 5.96 Å². The number of nitrogens with two attached hydrogens (primary N) is 1. The van der Waals surface area contributed by atoms with E-state index in [1.807, 2.05) is 7.05 Å². The lowest BCUT2D eigenvalue weighted by atomic mass is 10.1. The van der Waals surface area contributed by atoms with E-state index in [2.05, 4.69) is 13.8 Å². The number of nitrogens with zero attached hydrogens (tertiary/aromatic N) is 1. The summed E-state index contributed by atoms with van der Waals surface area (Å²) >= 11 is 0. The van der Waals surface area contributed by atoms with Crippen molar-refractivity contribution < 1.29 is 0 Å². The zero-order valence-corrected chi connectivity index (χ0v) is 7.02. The molecule has 0 aliphatic carbocycles. The highest BCUT2D eigenvalue weighted by Crippen LogP contribution is 2.01. The molecule has 0 heterocycles. The van der Waals surface area contributed by atoms with E-state index in [-0.39, 0.29) is 5.96 Å². The zero-order chi connectivity index (χ0) is 8.15. The van der Waals surface area contributed by atoms with Crippen molar-refractivity contribution in [3.63, 3.8) is 0 Å². The molecule has 3 heteroatoms. The molecular formula is C7H17N3. The first-order valence-corrected chi connectivity index (χ1v) is 3.63. The van der Waals surface area contributed by atoms with E-state index >= 15 is 0 Å². The van der Waals surface area contributed by atoms with Crippen LogP contribution >= 0.6 is 0 Å². The average Bonchev–Trinajstić information content (AvgIpc) is 1.87. The molecule has 0 spiro atoms. The molecule has 0 aliphatic heterocycles. The minimum Gasteiger partial charge on any atom is -0.370 e. The smallest absolute Gasteiger partial charge is 0.188 e. The molecule has 10 heavy (non-hydrogen) atoms. The van der Waals surface area contributed by atoms with Crippen LogP contribution in [0.5, 0.6) is 0 Å². The van der Waals surface area contributed by atoms with E-state index in [9.17, 15) is 0 Å². The fraction of sp³-hybridized carbons (Fsp3) is 0.857. The van der Waals surface area contributed by atoms with Crippen molar-refractivity contribution in [3.05, 3.63) is 0 Å². The Balaban J connectivity index is 3.56. The van der Waals surface area contributed by atoms with Crippen molar-refractivity contribution in [2.45, 2.75) is 20.3 Å². The lowest BCUT2D eigenvalue weighted by Gasteiger charge is -2.19. The number of hydrogen-bond donors (Lipinski definition) is 2. The molecule has 0 radical (unpaired) electrons. The van der Waals surface area contributed by atoms with Crippen LogP contribution in [0.2, 0.25) is 0 Å². The maximum atomic E-state index is 7.07. The van der Waals surface area contributed by atoms with Gasteiger partial charge in [-0.25, -0.2) is 0 Å². The normalized spacial score (nSPS) is 12.7. The largest absolute Gasteiger partial charge is 0.370 e. The molecule has 0 saturated carbocycles. The summed E-state index contributed by atoms with van der Waals surface area (Å²) in [6.07, 6.45) is 1.14. The quantitative estimate of drug-likeness (QED) is 0.454. The molecule has 3 N–H and O–H groups in total. The van der Waals surface area contributed by atoms with Crippen molar-refractivity contribution in [2.75, 3.05) is 13.6 Å². The molecule has 0 aromatic rings. The van der Waals surface area contributed by atoms with Gasteiger partial charge in [-0.15, -0.1) is 0 Å². The van der Waals surface area contributed by atoms with Gasteiger partial charge in [-0.2, -0.15) is 0 Å². The van der Waals surface area contributed by atoms with Crippen molar-refractivity contribution in [2.24, 2.45) is 11.7 Å². The Morgan fingerprint density at radius 2 is 2.20 bits per heavy atom. The van der Waals surface area contributed by atoms with Crippen molar-refractivity contribution >= 4 is 5.96 Å². The van der Waals surface area contributed by atoms with Gasteiger partial charge in [-0.05, 0) is 5.92 Å². The van der Waals surface area contributed by atoms with E-state index in [1.54, 1.807) is 4.90 Å². The third-order valence-corrected chi connectivity index (χ3v) is 1.69. The minimum absolute atomic E-state index is 0.153. The van der Waals surface area contributed by atoms with Gasteiger partial charge in [0.2, 0.25) is 0 Å². The summed E-state index contributed by atoms with van der Waals surface area (Å²) in [6, 6.07) is 0. The van der Waals surface area contributed by atoms with Crippen LogP contribution in [0.25, 0.3) is 0 Å². The highest BCUT2D eigenvalue weighted by atomic mass is 15.2. The van der Waals surface area contributed by atoms with Gasteiger partial charge < -0.3 is 10.6 Å². The van der Waals surface area contributed by atoms with Crippen LogP contribution in [0.15, 0.2) is 0 Å². The number of hydrogen-bond acceptors (Lipinski definition) is 1. The Morgan fingerprint density at radius 3 is 2.50 bits per heavy atom. The van der Waals surface area contributed by atoms with Crippen LogP contribution in [-0.2, 0) is 0 Å². The Kier molecular flexibility index (Phi) is 3.84. The maximum Gasteiger partial charge on any atom is 0.188 e. The molecule has 1 atom stereocenters. The first-order valence-electron chi connectivity index (χ1n) is 3.63. The summed E-state index contributed by atoms with van der Waals surface area (Å²) < 4.78 is 0. The molecule has 0 amide bonds. The van der Waals surface area contributed by atoms with Gasteiger partial charge in [0.25, 0.3) is 0 Å². The van der Waals surface area contributed by atoms with Gasteiger partial charge in [-0.1, -0.05) is 20.3 Å². The molecule has 0 aromatic carbocycles.